The number of likely N-dealkylation sites (N-methyl/N-ethyl adjacent to an activating group) is 1. The van der Waals surface area contributed by atoms with E-state index in [1.807, 2.05) is 7.05 Å². The van der Waals surface area contributed by atoms with Gasteiger partial charge in [-0.15, -0.1) is 0 Å². The molecule has 1 aliphatic carbocycles. The first-order chi connectivity index (χ1) is 15.0. The highest BCUT2D eigenvalue weighted by Gasteiger charge is 2.41. The van der Waals surface area contributed by atoms with Crippen LogP contribution in [0.25, 0.3) is 0 Å². The zero-order valence-electron chi connectivity index (χ0n) is 19.0. The Kier molecular flexibility index (Phi) is 6.61. The van der Waals surface area contributed by atoms with Gasteiger partial charge in [0.15, 0.2) is 5.82 Å². The second-order valence-electron chi connectivity index (χ2n) is 9.27. The Morgan fingerprint density at radius 3 is 2.61 bits per heavy atom. The molecule has 1 N–H and O–H groups in total. The lowest BCUT2D eigenvalue weighted by molar-refractivity contribution is -0.120. The number of carbonyl (C=O) groups is 1. The normalized spacial score (nSPS) is 24.2. The van der Waals surface area contributed by atoms with E-state index in [0.29, 0.717) is 24.5 Å². The summed E-state index contributed by atoms with van der Waals surface area (Å²) in [5, 5.41) is 12.5. The zero-order chi connectivity index (χ0) is 22.0. The summed E-state index contributed by atoms with van der Waals surface area (Å²) in [5.74, 6) is 2.22. The van der Waals surface area contributed by atoms with E-state index in [1.165, 1.54) is 12.8 Å². The number of fused-ring (bicyclic) bond motifs is 1. The molecule has 2 fully saturated rings. The SMILES string of the molecule is CCC1C(=O)N(C)c2cnc(NC(C)C3CCN(CC#N)CC3)nc2N1C1CCCC1. The molecular formula is C23H35N7O. The molecule has 0 aromatic carbocycles. The molecule has 2 unspecified atom stereocenters. The lowest BCUT2D eigenvalue weighted by Crippen LogP contribution is -2.55. The number of nitriles is 1. The molecule has 2 aliphatic heterocycles. The molecule has 1 aromatic rings. The fraction of sp³-hybridized carbons (Fsp3) is 0.739. The van der Waals surface area contributed by atoms with E-state index in [1.54, 1.807) is 11.1 Å². The van der Waals surface area contributed by atoms with Crippen LogP contribution >= 0.6 is 0 Å². The van der Waals surface area contributed by atoms with Gasteiger partial charge >= 0.3 is 0 Å². The van der Waals surface area contributed by atoms with Gasteiger partial charge < -0.3 is 15.1 Å². The van der Waals surface area contributed by atoms with Crippen molar-refractivity contribution in [3.8, 4) is 6.07 Å². The van der Waals surface area contributed by atoms with Gasteiger partial charge in [0.25, 0.3) is 0 Å². The first-order valence-corrected chi connectivity index (χ1v) is 11.8. The molecule has 8 heteroatoms. The smallest absolute Gasteiger partial charge is 0.249 e. The molecule has 4 rings (SSSR count). The highest BCUT2D eigenvalue weighted by molar-refractivity contribution is 6.04. The average Bonchev–Trinajstić information content (AvgIpc) is 3.31. The third-order valence-corrected chi connectivity index (χ3v) is 7.40. The zero-order valence-corrected chi connectivity index (χ0v) is 19.0. The number of anilines is 3. The molecule has 1 saturated heterocycles. The maximum atomic E-state index is 13.0. The maximum Gasteiger partial charge on any atom is 0.249 e. The number of nitrogens with zero attached hydrogens (tertiary/aromatic N) is 6. The van der Waals surface area contributed by atoms with Gasteiger partial charge in [0.05, 0.1) is 18.8 Å². The summed E-state index contributed by atoms with van der Waals surface area (Å²) in [6.45, 7) is 6.74. The summed E-state index contributed by atoms with van der Waals surface area (Å²) in [6.07, 6.45) is 9.41. The number of hydrogen-bond donors (Lipinski definition) is 1. The van der Waals surface area contributed by atoms with Crippen molar-refractivity contribution in [3.63, 3.8) is 0 Å². The lowest BCUT2D eigenvalue weighted by atomic mass is 9.90. The third kappa shape index (κ3) is 4.33. The van der Waals surface area contributed by atoms with Gasteiger partial charge in [-0.2, -0.15) is 10.2 Å². The number of piperidine rings is 1. The van der Waals surface area contributed by atoms with E-state index in [4.69, 9.17) is 10.2 Å². The van der Waals surface area contributed by atoms with Crippen molar-refractivity contribution in [2.75, 3.05) is 41.8 Å². The van der Waals surface area contributed by atoms with Gasteiger partial charge in [-0.05, 0) is 58.0 Å². The number of amides is 1. The lowest BCUT2D eigenvalue weighted by Gasteiger charge is -2.43. The predicted octanol–water partition coefficient (Wildman–Crippen LogP) is 3.02. The topological polar surface area (TPSA) is 88.4 Å². The minimum Gasteiger partial charge on any atom is -0.351 e. The van der Waals surface area contributed by atoms with Gasteiger partial charge in [-0.3, -0.25) is 9.69 Å². The van der Waals surface area contributed by atoms with E-state index >= 15 is 0 Å². The van der Waals surface area contributed by atoms with E-state index < -0.39 is 0 Å². The van der Waals surface area contributed by atoms with Gasteiger partial charge in [0.1, 0.15) is 11.7 Å². The van der Waals surface area contributed by atoms with Crippen LogP contribution in [0.5, 0.6) is 0 Å². The number of hydrogen-bond acceptors (Lipinski definition) is 7. The number of nitrogens with one attached hydrogen (secondary N) is 1. The summed E-state index contributed by atoms with van der Waals surface area (Å²) in [4.78, 5) is 28.8. The highest BCUT2D eigenvalue weighted by atomic mass is 16.2. The molecule has 1 saturated carbocycles. The van der Waals surface area contributed by atoms with Crippen LogP contribution in [0.2, 0.25) is 0 Å². The first-order valence-electron chi connectivity index (χ1n) is 11.8. The second kappa shape index (κ2) is 9.39. The Hall–Kier alpha value is -2.40. The third-order valence-electron chi connectivity index (χ3n) is 7.40. The molecule has 1 amide bonds. The molecule has 0 radical (unpaired) electrons. The number of likely N-dealkylation sites (tertiary alicyclic amines) is 1. The van der Waals surface area contributed by atoms with Crippen LogP contribution in [0.3, 0.4) is 0 Å². The monoisotopic (exact) mass is 425 g/mol. The van der Waals surface area contributed by atoms with Crippen LogP contribution in [0.4, 0.5) is 17.5 Å². The van der Waals surface area contributed by atoms with Crippen LogP contribution in [-0.2, 0) is 4.79 Å². The Balaban J connectivity index is 1.53. The molecule has 31 heavy (non-hydrogen) atoms. The first kappa shape index (κ1) is 21.8. The molecule has 8 nitrogen and oxygen atoms in total. The van der Waals surface area contributed by atoms with Gasteiger partial charge in [0.2, 0.25) is 11.9 Å². The molecule has 0 bridgehead atoms. The number of rotatable bonds is 6. The predicted molar refractivity (Wildman–Crippen MR) is 122 cm³/mol. The van der Waals surface area contributed by atoms with E-state index in [-0.39, 0.29) is 18.0 Å². The van der Waals surface area contributed by atoms with Crippen LogP contribution in [-0.4, -0.2) is 65.6 Å². The Morgan fingerprint density at radius 2 is 1.97 bits per heavy atom. The van der Waals surface area contributed by atoms with Crippen molar-refractivity contribution in [3.05, 3.63) is 6.20 Å². The molecule has 1 aromatic heterocycles. The molecule has 168 valence electrons. The standard InChI is InChI=1S/C23H35N7O/c1-4-19-22(31)28(3)20-15-25-23(27-21(20)30(19)18-7-5-6-8-18)26-16(2)17-9-12-29(13-10-17)14-11-24/h15-19H,4-10,12-14H2,1-3H3,(H,25,26,27). The van der Waals surface area contributed by atoms with Crippen molar-refractivity contribution in [1.29, 1.82) is 5.26 Å². The average molecular weight is 426 g/mol. The summed E-state index contributed by atoms with van der Waals surface area (Å²) in [6, 6.07) is 2.74. The largest absolute Gasteiger partial charge is 0.351 e. The van der Waals surface area contributed by atoms with Crippen LogP contribution < -0.4 is 15.1 Å². The van der Waals surface area contributed by atoms with Crippen molar-refractivity contribution in [2.45, 2.75) is 76.9 Å². The minimum atomic E-state index is -0.148. The molecule has 0 spiro atoms. The van der Waals surface area contributed by atoms with Gasteiger partial charge in [0, 0.05) is 19.1 Å². The van der Waals surface area contributed by atoms with Crippen molar-refractivity contribution in [1.82, 2.24) is 14.9 Å². The highest BCUT2D eigenvalue weighted by Crippen LogP contribution is 2.40. The van der Waals surface area contributed by atoms with Crippen LogP contribution in [0, 0.1) is 17.2 Å². The molecule has 2 atom stereocenters. The summed E-state index contributed by atoms with van der Waals surface area (Å²) in [7, 11) is 1.84. The summed E-state index contributed by atoms with van der Waals surface area (Å²) in [5.41, 5.74) is 0.810. The fourth-order valence-corrected chi connectivity index (χ4v) is 5.49. The van der Waals surface area contributed by atoms with Gasteiger partial charge in [-0.25, -0.2) is 4.98 Å². The molecule has 3 aliphatic rings. The molecule has 3 heterocycles. The second-order valence-corrected chi connectivity index (χ2v) is 9.27. The van der Waals surface area contributed by atoms with Crippen molar-refractivity contribution < 1.29 is 4.79 Å². The van der Waals surface area contributed by atoms with E-state index in [0.717, 1.165) is 56.7 Å². The Morgan fingerprint density at radius 1 is 1.26 bits per heavy atom. The minimum absolute atomic E-state index is 0.142. The molecular weight excluding hydrogens is 390 g/mol. The van der Waals surface area contributed by atoms with E-state index in [9.17, 15) is 4.79 Å². The number of carbonyl (C=O) groups excluding carboxylic acids is 1. The van der Waals surface area contributed by atoms with Crippen molar-refractivity contribution >= 4 is 23.4 Å². The van der Waals surface area contributed by atoms with Crippen LogP contribution in [0.1, 0.15) is 58.8 Å². The van der Waals surface area contributed by atoms with Crippen LogP contribution in [0.15, 0.2) is 6.20 Å². The summed E-state index contributed by atoms with van der Waals surface area (Å²) < 4.78 is 0. The quantitative estimate of drug-likeness (QED) is 0.701. The van der Waals surface area contributed by atoms with Gasteiger partial charge in [-0.1, -0.05) is 19.8 Å². The Labute approximate surface area is 185 Å². The van der Waals surface area contributed by atoms with E-state index in [2.05, 4.69) is 40.0 Å². The fourth-order valence-electron chi connectivity index (χ4n) is 5.49. The maximum absolute atomic E-state index is 13.0. The summed E-state index contributed by atoms with van der Waals surface area (Å²) >= 11 is 0. The number of aromatic nitrogens is 2. The Bertz CT molecular complexity index is 824. The van der Waals surface area contributed by atoms with Crippen molar-refractivity contribution in [2.24, 2.45) is 5.92 Å².